The predicted molar refractivity (Wildman–Crippen MR) is 69.5 cm³/mol. The predicted octanol–water partition coefficient (Wildman–Crippen LogP) is 4.27. The van der Waals surface area contributed by atoms with Crippen LogP contribution in [0.25, 0.3) is 0 Å². The van der Waals surface area contributed by atoms with Crippen LogP contribution in [0.4, 0.5) is 13.2 Å². The Kier molecular flexibility index (Phi) is 4.17. The number of halogens is 3. The van der Waals surface area contributed by atoms with Crippen molar-refractivity contribution in [2.24, 2.45) is 5.73 Å². The summed E-state index contributed by atoms with van der Waals surface area (Å²) < 4.78 is 40.1. The Morgan fingerprint density at radius 1 is 0.947 bits per heavy atom. The molecule has 0 aliphatic heterocycles. The molecule has 0 saturated carbocycles. The summed E-state index contributed by atoms with van der Waals surface area (Å²) in [6.07, 6.45) is 0. The largest absolute Gasteiger partial charge is 0.324 e. The zero-order valence-corrected chi connectivity index (χ0v) is 11.0. The van der Waals surface area contributed by atoms with Crippen LogP contribution in [0.1, 0.15) is 18.5 Å². The van der Waals surface area contributed by atoms with E-state index in [9.17, 15) is 13.2 Å². The fourth-order valence-corrected chi connectivity index (χ4v) is 2.38. The van der Waals surface area contributed by atoms with Gasteiger partial charge in [0.25, 0.3) is 0 Å². The van der Waals surface area contributed by atoms with Gasteiger partial charge in [0.05, 0.1) is 0 Å². The summed E-state index contributed by atoms with van der Waals surface area (Å²) in [5.74, 6) is -1.83. The van der Waals surface area contributed by atoms with E-state index in [4.69, 9.17) is 5.73 Å². The van der Waals surface area contributed by atoms with Crippen molar-refractivity contribution in [1.29, 1.82) is 0 Å². The van der Waals surface area contributed by atoms with Crippen molar-refractivity contribution in [3.8, 4) is 0 Å². The van der Waals surface area contributed by atoms with Gasteiger partial charge in [-0.3, -0.25) is 0 Å². The van der Waals surface area contributed by atoms with Crippen LogP contribution in [0.5, 0.6) is 0 Å². The van der Waals surface area contributed by atoms with Crippen LogP contribution in [-0.2, 0) is 0 Å². The van der Waals surface area contributed by atoms with Gasteiger partial charge in [-0.25, -0.2) is 13.2 Å². The first-order chi connectivity index (χ1) is 8.97. The first-order valence-corrected chi connectivity index (χ1v) is 6.47. The molecule has 2 N–H and O–H groups in total. The van der Waals surface area contributed by atoms with Gasteiger partial charge in [0.2, 0.25) is 0 Å². The van der Waals surface area contributed by atoms with Crippen molar-refractivity contribution in [1.82, 2.24) is 0 Å². The van der Waals surface area contributed by atoms with E-state index < -0.39 is 17.5 Å². The normalized spacial score (nSPS) is 12.5. The van der Waals surface area contributed by atoms with Gasteiger partial charge >= 0.3 is 0 Å². The molecule has 19 heavy (non-hydrogen) atoms. The van der Waals surface area contributed by atoms with E-state index in [2.05, 4.69) is 0 Å². The second-order valence-corrected chi connectivity index (χ2v) is 5.24. The van der Waals surface area contributed by atoms with E-state index in [0.29, 0.717) is 5.56 Å². The number of benzene rings is 2. The Morgan fingerprint density at radius 3 is 2.05 bits per heavy atom. The van der Waals surface area contributed by atoms with Gasteiger partial charge in [-0.2, -0.15) is 0 Å². The van der Waals surface area contributed by atoms with Crippen LogP contribution in [0.3, 0.4) is 0 Å². The van der Waals surface area contributed by atoms with Crippen LogP contribution in [0.2, 0.25) is 0 Å². The highest BCUT2D eigenvalue weighted by molar-refractivity contribution is 7.99. The zero-order chi connectivity index (χ0) is 14.0. The third-order valence-electron chi connectivity index (χ3n) is 2.60. The second kappa shape index (κ2) is 5.67. The zero-order valence-electron chi connectivity index (χ0n) is 10.2. The molecular formula is C14H12F3NS. The molecule has 0 amide bonds. The average molecular weight is 283 g/mol. The smallest absolute Gasteiger partial charge is 0.140 e. The lowest BCUT2D eigenvalue weighted by Gasteiger charge is -2.09. The summed E-state index contributed by atoms with van der Waals surface area (Å²) in [6, 6.07) is 7.49. The van der Waals surface area contributed by atoms with Crippen molar-refractivity contribution in [2.45, 2.75) is 22.8 Å². The lowest BCUT2D eigenvalue weighted by molar-refractivity contribution is 0.565. The first-order valence-electron chi connectivity index (χ1n) is 5.65. The minimum Gasteiger partial charge on any atom is -0.324 e. The SMILES string of the molecule is C[C@@H](N)c1ccc(Sc2ccc(F)cc2F)c(F)c1. The fourth-order valence-electron chi connectivity index (χ4n) is 1.56. The van der Waals surface area contributed by atoms with Crippen LogP contribution in [0.15, 0.2) is 46.2 Å². The second-order valence-electron chi connectivity index (χ2n) is 4.16. The Balaban J connectivity index is 2.28. The molecule has 1 atom stereocenters. The van der Waals surface area contributed by atoms with Gasteiger partial charge in [-0.15, -0.1) is 0 Å². The van der Waals surface area contributed by atoms with Crippen LogP contribution in [-0.4, -0.2) is 0 Å². The fraction of sp³-hybridized carbons (Fsp3) is 0.143. The molecule has 0 aliphatic carbocycles. The Labute approximate surface area is 113 Å². The van der Waals surface area contributed by atoms with Crippen molar-refractivity contribution in [2.75, 3.05) is 0 Å². The molecule has 0 radical (unpaired) electrons. The molecule has 0 spiro atoms. The molecule has 0 aliphatic rings. The van der Waals surface area contributed by atoms with Gasteiger partial charge in [-0.1, -0.05) is 17.8 Å². The highest BCUT2D eigenvalue weighted by Crippen LogP contribution is 2.32. The summed E-state index contributed by atoms with van der Waals surface area (Å²) in [4.78, 5) is 0.448. The minimum atomic E-state index is -0.708. The van der Waals surface area contributed by atoms with E-state index >= 15 is 0 Å². The molecule has 2 aromatic carbocycles. The molecular weight excluding hydrogens is 271 g/mol. The van der Waals surface area contributed by atoms with Gasteiger partial charge < -0.3 is 5.73 Å². The van der Waals surface area contributed by atoms with E-state index in [0.717, 1.165) is 23.9 Å². The van der Waals surface area contributed by atoms with E-state index in [1.807, 2.05) is 0 Å². The average Bonchev–Trinajstić information content (AvgIpc) is 2.34. The number of hydrogen-bond acceptors (Lipinski definition) is 2. The van der Waals surface area contributed by atoms with E-state index in [-0.39, 0.29) is 15.8 Å². The monoisotopic (exact) mass is 283 g/mol. The van der Waals surface area contributed by atoms with Crippen LogP contribution < -0.4 is 5.73 Å². The van der Waals surface area contributed by atoms with Crippen molar-refractivity contribution < 1.29 is 13.2 Å². The summed E-state index contributed by atoms with van der Waals surface area (Å²) in [5, 5.41) is 0. The standard InChI is InChI=1S/C14H12F3NS/c1-8(18)9-2-4-13(11(16)6-9)19-14-5-3-10(15)7-12(14)17/h2-8H,18H2,1H3/t8-/m1/s1. The molecule has 0 bridgehead atoms. The topological polar surface area (TPSA) is 26.0 Å². The maximum atomic E-state index is 13.8. The van der Waals surface area contributed by atoms with E-state index in [1.165, 1.54) is 12.1 Å². The van der Waals surface area contributed by atoms with Crippen LogP contribution >= 0.6 is 11.8 Å². The Bertz CT molecular complexity index is 599. The van der Waals surface area contributed by atoms with Crippen molar-refractivity contribution >= 4 is 11.8 Å². The molecule has 1 nitrogen and oxygen atoms in total. The third kappa shape index (κ3) is 3.30. The highest BCUT2D eigenvalue weighted by Gasteiger charge is 2.11. The third-order valence-corrected chi connectivity index (χ3v) is 3.70. The molecule has 0 aromatic heterocycles. The van der Waals surface area contributed by atoms with Crippen molar-refractivity contribution in [3.63, 3.8) is 0 Å². The maximum Gasteiger partial charge on any atom is 0.140 e. The van der Waals surface area contributed by atoms with Gasteiger partial charge in [0.1, 0.15) is 17.5 Å². The maximum absolute atomic E-state index is 13.8. The van der Waals surface area contributed by atoms with Crippen molar-refractivity contribution in [3.05, 3.63) is 59.4 Å². The first kappa shape index (κ1) is 14.0. The van der Waals surface area contributed by atoms with Crippen LogP contribution in [0, 0.1) is 17.5 Å². The molecule has 0 fully saturated rings. The number of hydrogen-bond donors (Lipinski definition) is 1. The molecule has 100 valence electrons. The summed E-state index contributed by atoms with van der Waals surface area (Å²) in [6.45, 7) is 1.75. The summed E-state index contributed by atoms with van der Waals surface area (Å²) >= 11 is 0.912. The lowest BCUT2D eigenvalue weighted by atomic mass is 10.1. The Morgan fingerprint density at radius 2 is 1.53 bits per heavy atom. The molecule has 2 aromatic rings. The molecule has 0 heterocycles. The summed E-state index contributed by atoms with van der Waals surface area (Å²) in [7, 11) is 0. The minimum absolute atomic E-state index is 0.175. The van der Waals surface area contributed by atoms with Gasteiger partial charge in [0, 0.05) is 21.9 Å². The van der Waals surface area contributed by atoms with E-state index in [1.54, 1.807) is 19.1 Å². The summed E-state index contributed by atoms with van der Waals surface area (Å²) in [5.41, 5.74) is 6.32. The number of nitrogens with two attached hydrogens (primary N) is 1. The molecule has 0 saturated heterocycles. The van der Waals surface area contributed by atoms with Gasteiger partial charge in [0.15, 0.2) is 0 Å². The Hall–Kier alpha value is -1.46. The lowest BCUT2D eigenvalue weighted by Crippen LogP contribution is -2.05. The number of rotatable bonds is 3. The molecule has 2 rings (SSSR count). The molecule has 5 heteroatoms. The highest BCUT2D eigenvalue weighted by atomic mass is 32.2. The quantitative estimate of drug-likeness (QED) is 0.910. The van der Waals surface area contributed by atoms with Gasteiger partial charge in [-0.05, 0) is 36.8 Å². The molecule has 0 unspecified atom stereocenters.